The van der Waals surface area contributed by atoms with Crippen LogP contribution in [-0.2, 0) is 4.79 Å². The van der Waals surface area contributed by atoms with Gasteiger partial charge >= 0.3 is 5.97 Å². The van der Waals surface area contributed by atoms with Gasteiger partial charge in [-0.2, -0.15) is 0 Å². The van der Waals surface area contributed by atoms with E-state index in [1.165, 1.54) is 18.2 Å². The zero-order valence-corrected chi connectivity index (χ0v) is 10.8. The number of aromatic carboxylic acids is 1. The van der Waals surface area contributed by atoms with Crippen LogP contribution in [0.4, 0.5) is 5.69 Å². The van der Waals surface area contributed by atoms with Gasteiger partial charge in [0.1, 0.15) is 0 Å². The lowest BCUT2D eigenvalue weighted by atomic mass is 10.2. The molecule has 0 aliphatic heterocycles. The van der Waals surface area contributed by atoms with Crippen LogP contribution >= 0.6 is 11.6 Å². The molecule has 0 saturated carbocycles. The number of carbonyl (C=O) groups is 2. The summed E-state index contributed by atoms with van der Waals surface area (Å²) >= 11 is 5.88. The number of rotatable bonds is 6. The first-order valence-corrected chi connectivity index (χ1v) is 5.95. The highest BCUT2D eigenvalue weighted by Gasteiger charge is 2.09. The van der Waals surface area contributed by atoms with Gasteiger partial charge in [-0.25, -0.2) is 4.79 Å². The van der Waals surface area contributed by atoms with Crippen LogP contribution in [0.1, 0.15) is 23.7 Å². The number of carbonyl (C=O) groups excluding carboxylic acids is 1. The van der Waals surface area contributed by atoms with Crippen LogP contribution < -0.4 is 10.6 Å². The fourth-order valence-corrected chi connectivity index (χ4v) is 1.49. The van der Waals surface area contributed by atoms with Crippen molar-refractivity contribution in [2.75, 3.05) is 18.4 Å². The number of nitrogens with one attached hydrogen (secondary N) is 2. The maximum Gasteiger partial charge on any atom is 0.335 e. The minimum atomic E-state index is -1.06. The molecule has 1 aromatic rings. The highest BCUT2D eigenvalue weighted by Crippen LogP contribution is 2.22. The molecule has 0 saturated heterocycles. The summed E-state index contributed by atoms with van der Waals surface area (Å²) < 4.78 is 0. The number of carboxylic acids is 1. The maximum absolute atomic E-state index is 11.5. The van der Waals surface area contributed by atoms with E-state index in [-0.39, 0.29) is 18.0 Å². The average Bonchev–Trinajstić information content (AvgIpc) is 2.32. The number of anilines is 1. The molecule has 0 spiro atoms. The second-order valence-corrected chi connectivity index (χ2v) is 4.13. The molecule has 0 aliphatic carbocycles. The van der Waals surface area contributed by atoms with Crippen molar-refractivity contribution in [2.45, 2.75) is 13.3 Å². The molecule has 0 unspecified atom stereocenters. The molecule has 98 valence electrons. The molecule has 18 heavy (non-hydrogen) atoms. The SMILES string of the molecule is CCCNCC(=O)Nc1cc(C(=O)O)ccc1Cl. The van der Waals surface area contributed by atoms with Crippen LogP contribution in [0.3, 0.4) is 0 Å². The molecule has 1 amide bonds. The molecule has 0 aromatic heterocycles. The Morgan fingerprint density at radius 3 is 2.72 bits per heavy atom. The van der Waals surface area contributed by atoms with E-state index >= 15 is 0 Å². The van der Waals surface area contributed by atoms with Gasteiger partial charge < -0.3 is 15.7 Å². The lowest BCUT2D eigenvalue weighted by Crippen LogP contribution is -2.28. The van der Waals surface area contributed by atoms with E-state index < -0.39 is 5.97 Å². The lowest BCUT2D eigenvalue weighted by Gasteiger charge is -2.08. The number of halogens is 1. The van der Waals surface area contributed by atoms with Gasteiger partial charge in [-0.15, -0.1) is 0 Å². The van der Waals surface area contributed by atoms with E-state index in [0.717, 1.165) is 13.0 Å². The normalized spacial score (nSPS) is 10.1. The largest absolute Gasteiger partial charge is 0.478 e. The van der Waals surface area contributed by atoms with E-state index in [1.807, 2.05) is 6.92 Å². The molecule has 5 nitrogen and oxygen atoms in total. The number of carboxylic acid groups (broad SMARTS) is 1. The Kier molecular flexibility index (Phi) is 5.61. The first-order chi connectivity index (χ1) is 8.54. The van der Waals surface area contributed by atoms with Crippen molar-refractivity contribution in [3.8, 4) is 0 Å². The van der Waals surface area contributed by atoms with Crippen molar-refractivity contribution in [3.05, 3.63) is 28.8 Å². The van der Waals surface area contributed by atoms with Gasteiger partial charge in [-0.3, -0.25) is 4.79 Å². The molecule has 1 rings (SSSR count). The van der Waals surface area contributed by atoms with Crippen LogP contribution in [0.25, 0.3) is 0 Å². The monoisotopic (exact) mass is 270 g/mol. The van der Waals surface area contributed by atoms with Crippen LogP contribution in [0.5, 0.6) is 0 Å². The van der Waals surface area contributed by atoms with Crippen molar-refractivity contribution >= 4 is 29.2 Å². The maximum atomic E-state index is 11.5. The molecule has 1 aromatic carbocycles. The van der Waals surface area contributed by atoms with Crippen molar-refractivity contribution < 1.29 is 14.7 Å². The van der Waals surface area contributed by atoms with Crippen LogP contribution in [-0.4, -0.2) is 30.1 Å². The van der Waals surface area contributed by atoms with Crippen LogP contribution in [0, 0.1) is 0 Å². The molecule has 0 atom stereocenters. The van der Waals surface area contributed by atoms with Crippen molar-refractivity contribution in [3.63, 3.8) is 0 Å². The van der Waals surface area contributed by atoms with Gasteiger partial charge in [0.25, 0.3) is 0 Å². The zero-order chi connectivity index (χ0) is 13.5. The third-order valence-electron chi connectivity index (χ3n) is 2.20. The third kappa shape index (κ3) is 4.35. The second kappa shape index (κ2) is 6.98. The molecule has 0 aliphatic rings. The van der Waals surface area contributed by atoms with E-state index in [0.29, 0.717) is 10.7 Å². The summed E-state index contributed by atoms with van der Waals surface area (Å²) in [5, 5.41) is 14.7. The topological polar surface area (TPSA) is 78.4 Å². The minimum Gasteiger partial charge on any atom is -0.478 e. The molecule has 3 N–H and O–H groups in total. The summed E-state index contributed by atoms with van der Waals surface area (Å²) in [5.41, 5.74) is 0.385. The van der Waals surface area contributed by atoms with Crippen molar-refractivity contribution in [1.82, 2.24) is 5.32 Å². The van der Waals surface area contributed by atoms with Gasteiger partial charge in [0.15, 0.2) is 0 Å². The first-order valence-electron chi connectivity index (χ1n) is 5.58. The quantitative estimate of drug-likeness (QED) is 0.691. The third-order valence-corrected chi connectivity index (χ3v) is 2.53. The zero-order valence-electron chi connectivity index (χ0n) is 10.00. The number of hydrogen-bond acceptors (Lipinski definition) is 3. The van der Waals surface area contributed by atoms with E-state index in [2.05, 4.69) is 10.6 Å². The molecule has 0 fully saturated rings. The van der Waals surface area contributed by atoms with Gasteiger partial charge in [-0.05, 0) is 31.2 Å². The fourth-order valence-electron chi connectivity index (χ4n) is 1.33. The van der Waals surface area contributed by atoms with Crippen molar-refractivity contribution in [1.29, 1.82) is 0 Å². The smallest absolute Gasteiger partial charge is 0.335 e. The number of amides is 1. The Morgan fingerprint density at radius 1 is 1.39 bits per heavy atom. The van der Waals surface area contributed by atoms with E-state index in [4.69, 9.17) is 16.7 Å². The molecule has 0 heterocycles. The van der Waals surface area contributed by atoms with E-state index in [1.54, 1.807) is 0 Å². The molecular weight excluding hydrogens is 256 g/mol. The molecule has 6 heteroatoms. The average molecular weight is 271 g/mol. The van der Waals surface area contributed by atoms with Gasteiger partial charge in [0, 0.05) is 0 Å². The molecule has 0 radical (unpaired) electrons. The van der Waals surface area contributed by atoms with Gasteiger partial charge in [0.2, 0.25) is 5.91 Å². The number of hydrogen-bond donors (Lipinski definition) is 3. The Balaban J connectivity index is 2.68. The predicted molar refractivity (Wildman–Crippen MR) is 70.2 cm³/mol. The summed E-state index contributed by atoms with van der Waals surface area (Å²) in [6.45, 7) is 2.91. The predicted octanol–water partition coefficient (Wildman–Crippen LogP) is 1.98. The van der Waals surface area contributed by atoms with Crippen LogP contribution in [0.2, 0.25) is 5.02 Å². The number of benzene rings is 1. The Bertz CT molecular complexity index is 449. The summed E-state index contributed by atoms with van der Waals surface area (Å²) in [5.74, 6) is -1.32. The van der Waals surface area contributed by atoms with Crippen molar-refractivity contribution in [2.24, 2.45) is 0 Å². The molecule has 0 bridgehead atoms. The van der Waals surface area contributed by atoms with Gasteiger partial charge in [-0.1, -0.05) is 18.5 Å². The van der Waals surface area contributed by atoms with Gasteiger partial charge in [0.05, 0.1) is 22.8 Å². The fraction of sp³-hybridized carbons (Fsp3) is 0.333. The molecular formula is C12H15ClN2O3. The minimum absolute atomic E-state index is 0.0798. The summed E-state index contributed by atoms with van der Waals surface area (Å²) in [6.07, 6.45) is 0.933. The highest BCUT2D eigenvalue weighted by atomic mass is 35.5. The summed E-state index contributed by atoms with van der Waals surface area (Å²) in [7, 11) is 0. The summed E-state index contributed by atoms with van der Waals surface area (Å²) in [4.78, 5) is 22.3. The Hall–Kier alpha value is -1.59. The lowest BCUT2D eigenvalue weighted by molar-refractivity contribution is -0.115. The van der Waals surface area contributed by atoms with E-state index in [9.17, 15) is 9.59 Å². The summed E-state index contributed by atoms with van der Waals surface area (Å²) in [6, 6.07) is 4.16. The Morgan fingerprint density at radius 2 is 2.11 bits per heavy atom. The standard InChI is InChI=1S/C12H15ClN2O3/c1-2-5-14-7-11(16)15-10-6-8(12(17)18)3-4-9(10)13/h3-4,6,14H,2,5,7H2,1H3,(H,15,16)(H,17,18). The Labute approximate surface area is 110 Å². The van der Waals surface area contributed by atoms with Crippen LogP contribution in [0.15, 0.2) is 18.2 Å². The highest BCUT2D eigenvalue weighted by molar-refractivity contribution is 6.33. The second-order valence-electron chi connectivity index (χ2n) is 3.72. The first kappa shape index (κ1) is 14.5.